The molecule has 0 aromatic heterocycles. The minimum absolute atomic E-state index is 0.0135. The zero-order valence-corrected chi connectivity index (χ0v) is 14.3. The van der Waals surface area contributed by atoms with E-state index in [9.17, 15) is 4.79 Å². The van der Waals surface area contributed by atoms with E-state index in [1.807, 2.05) is 6.92 Å². The van der Waals surface area contributed by atoms with Gasteiger partial charge in [0.1, 0.15) is 0 Å². The zero-order chi connectivity index (χ0) is 16.7. The lowest BCUT2D eigenvalue weighted by Crippen LogP contribution is -2.39. The van der Waals surface area contributed by atoms with Gasteiger partial charge in [-0.2, -0.15) is 0 Å². The highest BCUT2D eigenvalue weighted by Gasteiger charge is 2.18. The summed E-state index contributed by atoms with van der Waals surface area (Å²) in [6, 6.07) is 5.25. The molecule has 0 spiro atoms. The number of amides is 1. The largest absolute Gasteiger partial charge is 0.493 e. The Morgan fingerprint density at radius 1 is 1.27 bits per heavy atom. The van der Waals surface area contributed by atoms with Gasteiger partial charge in [-0.1, -0.05) is 13.8 Å². The van der Waals surface area contributed by atoms with Crippen molar-refractivity contribution in [1.82, 2.24) is 4.90 Å². The minimum atomic E-state index is -0.0787. The van der Waals surface area contributed by atoms with Crippen molar-refractivity contribution in [3.8, 4) is 11.5 Å². The van der Waals surface area contributed by atoms with Crippen LogP contribution in [0.25, 0.3) is 0 Å². The fourth-order valence-corrected chi connectivity index (χ4v) is 1.89. The average molecular weight is 308 g/mol. The highest BCUT2D eigenvalue weighted by molar-refractivity contribution is 5.95. The standard InChI is InChI=1S/C17H28N2O3/c1-12(2)8-9-22-15-7-6-14(10-16(15)21-5)17(20)19(4)13(3)11-18/h6-7,10,12-13H,8-9,11,18H2,1-5H3. The second-order valence-electron chi connectivity index (χ2n) is 5.90. The molecule has 1 aromatic carbocycles. The number of likely N-dealkylation sites (N-methyl/N-ethyl adjacent to an activating group) is 1. The molecule has 22 heavy (non-hydrogen) atoms. The maximum absolute atomic E-state index is 12.4. The minimum Gasteiger partial charge on any atom is -0.493 e. The van der Waals surface area contributed by atoms with Gasteiger partial charge in [-0.05, 0) is 37.5 Å². The highest BCUT2D eigenvalue weighted by atomic mass is 16.5. The number of carbonyl (C=O) groups is 1. The van der Waals surface area contributed by atoms with Crippen molar-refractivity contribution in [2.45, 2.75) is 33.2 Å². The van der Waals surface area contributed by atoms with Crippen LogP contribution in [0.2, 0.25) is 0 Å². The average Bonchev–Trinajstić information content (AvgIpc) is 2.52. The number of nitrogens with two attached hydrogens (primary N) is 1. The summed E-state index contributed by atoms with van der Waals surface area (Å²) in [6.45, 7) is 7.27. The van der Waals surface area contributed by atoms with Gasteiger partial charge in [0.15, 0.2) is 11.5 Å². The third-order valence-electron chi connectivity index (χ3n) is 3.69. The topological polar surface area (TPSA) is 64.8 Å². The Kier molecular flexibility index (Phi) is 7.18. The van der Waals surface area contributed by atoms with Crippen LogP contribution in [0, 0.1) is 5.92 Å². The van der Waals surface area contributed by atoms with Gasteiger partial charge in [-0.3, -0.25) is 4.79 Å². The molecule has 0 bridgehead atoms. The first-order chi connectivity index (χ1) is 10.4. The molecular formula is C17H28N2O3. The van der Waals surface area contributed by atoms with Gasteiger partial charge in [0.25, 0.3) is 5.91 Å². The number of ether oxygens (including phenoxy) is 2. The van der Waals surface area contributed by atoms with Crippen molar-refractivity contribution in [1.29, 1.82) is 0 Å². The highest BCUT2D eigenvalue weighted by Crippen LogP contribution is 2.29. The van der Waals surface area contributed by atoms with Gasteiger partial charge in [0, 0.05) is 25.2 Å². The van der Waals surface area contributed by atoms with Gasteiger partial charge < -0.3 is 20.1 Å². The molecule has 0 aliphatic carbocycles. The quantitative estimate of drug-likeness (QED) is 0.801. The van der Waals surface area contributed by atoms with Crippen LogP contribution < -0.4 is 15.2 Å². The normalized spacial score (nSPS) is 12.1. The van der Waals surface area contributed by atoms with Crippen molar-refractivity contribution in [3.05, 3.63) is 23.8 Å². The van der Waals surface area contributed by atoms with Gasteiger partial charge in [-0.15, -0.1) is 0 Å². The van der Waals surface area contributed by atoms with E-state index in [-0.39, 0.29) is 11.9 Å². The monoisotopic (exact) mass is 308 g/mol. The first-order valence-corrected chi connectivity index (χ1v) is 7.68. The van der Waals surface area contributed by atoms with Crippen LogP contribution in [-0.2, 0) is 0 Å². The molecule has 124 valence electrons. The first kappa shape index (κ1) is 18.3. The summed E-state index contributed by atoms with van der Waals surface area (Å²) < 4.78 is 11.1. The maximum atomic E-state index is 12.4. The van der Waals surface area contributed by atoms with Gasteiger partial charge in [0.2, 0.25) is 0 Å². The smallest absolute Gasteiger partial charge is 0.254 e. The molecule has 0 radical (unpaired) electrons. The van der Waals surface area contributed by atoms with Crippen LogP contribution in [0.4, 0.5) is 0 Å². The molecule has 0 saturated heterocycles. The van der Waals surface area contributed by atoms with Crippen LogP contribution >= 0.6 is 0 Å². The van der Waals surface area contributed by atoms with Crippen molar-refractivity contribution in [3.63, 3.8) is 0 Å². The lowest BCUT2D eigenvalue weighted by atomic mass is 10.1. The van der Waals surface area contributed by atoms with Crippen LogP contribution in [-0.4, -0.2) is 44.2 Å². The van der Waals surface area contributed by atoms with Gasteiger partial charge >= 0.3 is 0 Å². The second-order valence-corrected chi connectivity index (χ2v) is 5.90. The Morgan fingerprint density at radius 2 is 1.95 bits per heavy atom. The first-order valence-electron chi connectivity index (χ1n) is 7.68. The van der Waals surface area contributed by atoms with E-state index >= 15 is 0 Å². The number of carbonyl (C=O) groups excluding carboxylic acids is 1. The molecule has 0 saturated carbocycles. The molecule has 1 aromatic rings. The number of benzene rings is 1. The van der Waals surface area contributed by atoms with Crippen LogP contribution in [0.3, 0.4) is 0 Å². The number of hydrogen-bond donors (Lipinski definition) is 1. The molecular weight excluding hydrogens is 280 g/mol. The van der Waals surface area contributed by atoms with E-state index in [2.05, 4.69) is 13.8 Å². The number of methoxy groups -OCH3 is 1. The number of hydrogen-bond acceptors (Lipinski definition) is 4. The van der Waals surface area contributed by atoms with E-state index in [1.54, 1.807) is 37.3 Å². The Labute approximate surface area is 133 Å². The number of rotatable bonds is 8. The summed E-state index contributed by atoms with van der Waals surface area (Å²) in [5, 5.41) is 0. The van der Waals surface area contributed by atoms with E-state index < -0.39 is 0 Å². The molecule has 0 heterocycles. The predicted octanol–water partition coefficient (Wildman–Crippen LogP) is 2.54. The van der Waals surface area contributed by atoms with Crippen molar-refractivity contribution >= 4 is 5.91 Å². The van der Waals surface area contributed by atoms with Gasteiger partial charge in [-0.25, -0.2) is 0 Å². The second kappa shape index (κ2) is 8.63. The van der Waals surface area contributed by atoms with E-state index in [0.717, 1.165) is 6.42 Å². The third kappa shape index (κ3) is 4.91. The summed E-state index contributed by atoms with van der Waals surface area (Å²) in [5.41, 5.74) is 6.18. The summed E-state index contributed by atoms with van der Waals surface area (Å²) in [5.74, 6) is 1.74. The molecule has 0 fully saturated rings. The Morgan fingerprint density at radius 3 is 2.50 bits per heavy atom. The molecule has 2 N–H and O–H groups in total. The molecule has 5 heteroatoms. The zero-order valence-electron chi connectivity index (χ0n) is 14.3. The van der Waals surface area contributed by atoms with Crippen molar-refractivity contribution < 1.29 is 14.3 Å². The summed E-state index contributed by atoms with van der Waals surface area (Å²) >= 11 is 0. The molecule has 1 rings (SSSR count). The Hall–Kier alpha value is -1.75. The van der Waals surface area contributed by atoms with E-state index in [1.165, 1.54) is 0 Å². The third-order valence-corrected chi connectivity index (χ3v) is 3.69. The maximum Gasteiger partial charge on any atom is 0.254 e. The molecule has 1 atom stereocenters. The van der Waals surface area contributed by atoms with Crippen LogP contribution in [0.5, 0.6) is 11.5 Å². The summed E-state index contributed by atoms with van der Waals surface area (Å²) in [4.78, 5) is 14.0. The fraction of sp³-hybridized carbons (Fsp3) is 0.588. The predicted molar refractivity (Wildman–Crippen MR) is 88.6 cm³/mol. The van der Waals surface area contributed by atoms with Crippen LogP contribution in [0.15, 0.2) is 18.2 Å². The Balaban J connectivity index is 2.85. The molecule has 0 aliphatic rings. The molecule has 5 nitrogen and oxygen atoms in total. The number of nitrogens with zero attached hydrogens (tertiary/aromatic N) is 1. The fourth-order valence-electron chi connectivity index (χ4n) is 1.89. The van der Waals surface area contributed by atoms with Crippen molar-refractivity contribution in [2.75, 3.05) is 27.3 Å². The molecule has 1 unspecified atom stereocenters. The van der Waals surface area contributed by atoms with Crippen LogP contribution in [0.1, 0.15) is 37.6 Å². The summed E-state index contributed by atoms with van der Waals surface area (Å²) in [6.07, 6.45) is 0.973. The van der Waals surface area contributed by atoms with Crippen molar-refractivity contribution in [2.24, 2.45) is 11.7 Å². The molecule has 0 aliphatic heterocycles. The van der Waals surface area contributed by atoms with E-state index in [0.29, 0.717) is 36.1 Å². The lowest BCUT2D eigenvalue weighted by Gasteiger charge is -2.24. The van der Waals surface area contributed by atoms with E-state index in [4.69, 9.17) is 15.2 Å². The Bertz CT molecular complexity index is 489. The molecule has 1 amide bonds. The lowest BCUT2D eigenvalue weighted by molar-refractivity contribution is 0.0748. The van der Waals surface area contributed by atoms with Gasteiger partial charge in [0.05, 0.1) is 13.7 Å². The summed E-state index contributed by atoms with van der Waals surface area (Å²) in [7, 11) is 3.32. The SMILES string of the molecule is COc1cc(C(=O)N(C)C(C)CN)ccc1OCCC(C)C.